The van der Waals surface area contributed by atoms with E-state index in [9.17, 15) is 5.11 Å². The van der Waals surface area contributed by atoms with Gasteiger partial charge in [-0.25, -0.2) is 0 Å². The molecule has 3 nitrogen and oxygen atoms in total. The van der Waals surface area contributed by atoms with Gasteiger partial charge in [-0.05, 0) is 6.92 Å². The summed E-state index contributed by atoms with van der Waals surface area (Å²) in [4.78, 5) is 4.56. The molecule has 0 radical (unpaired) electrons. The van der Waals surface area contributed by atoms with Crippen molar-refractivity contribution in [3.05, 3.63) is 16.6 Å². The molecule has 4 heteroatoms. The van der Waals surface area contributed by atoms with E-state index in [1.807, 2.05) is 6.07 Å². The topological polar surface area (TPSA) is 56.9 Å². The Bertz CT molecular complexity index is 252. The van der Waals surface area contributed by atoms with Gasteiger partial charge in [0.1, 0.15) is 6.10 Å². The maximum atomic E-state index is 9.43. The Hall–Kier alpha value is -0.920. The third-order valence-electron chi connectivity index (χ3n) is 1.42. The van der Waals surface area contributed by atoms with Gasteiger partial charge in [-0.3, -0.25) is 4.98 Å². The van der Waals surface area contributed by atoms with Crippen LogP contribution < -0.4 is 0 Å². The first-order valence-electron chi connectivity index (χ1n) is 3.21. The molecule has 1 rings (SSSR count). The van der Waals surface area contributed by atoms with E-state index >= 15 is 0 Å². The standard InChI is InChI=1S/C7H8N2OS/c1-5(2-8)7(10)6-3-9-4-11-6/h3-5,7,10H,1H3. The first-order valence-corrected chi connectivity index (χ1v) is 4.09. The van der Waals surface area contributed by atoms with Gasteiger partial charge in [0.05, 0.1) is 22.4 Å². The molecule has 1 aromatic rings. The lowest BCUT2D eigenvalue weighted by atomic mass is 10.1. The van der Waals surface area contributed by atoms with Gasteiger partial charge in [0.2, 0.25) is 0 Å². The van der Waals surface area contributed by atoms with Crippen molar-refractivity contribution in [2.24, 2.45) is 5.92 Å². The molecule has 0 saturated heterocycles. The summed E-state index contributed by atoms with van der Waals surface area (Å²) in [5, 5.41) is 17.9. The van der Waals surface area contributed by atoms with Crippen molar-refractivity contribution in [3.63, 3.8) is 0 Å². The predicted molar refractivity (Wildman–Crippen MR) is 41.9 cm³/mol. The number of hydrogen-bond donors (Lipinski definition) is 1. The molecule has 0 bridgehead atoms. The maximum absolute atomic E-state index is 9.43. The molecule has 0 aromatic carbocycles. The Morgan fingerprint density at radius 3 is 3.00 bits per heavy atom. The van der Waals surface area contributed by atoms with E-state index in [-0.39, 0.29) is 5.92 Å². The SMILES string of the molecule is CC(C#N)C(O)c1cncs1. The van der Waals surface area contributed by atoms with Crippen LogP contribution in [0, 0.1) is 17.2 Å². The molecule has 0 saturated carbocycles. The molecular weight excluding hydrogens is 160 g/mol. The summed E-state index contributed by atoms with van der Waals surface area (Å²) >= 11 is 1.36. The van der Waals surface area contributed by atoms with Crippen LogP contribution in [0.3, 0.4) is 0 Å². The van der Waals surface area contributed by atoms with Crippen LogP contribution in [0.1, 0.15) is 17.9 Å². The molecule has 0 spiro atoms. The van der Waals surface area contributed by atoms with Gasteiger partial charge in [-0.2, -0.15) is 5.26 Å². The molecule has 0 fully saturated rings. The monoisotopic (exact) mass is 168 g/mol. The maximum Gasteiger partial charge on any atom is 0.105 e. The smallest absolute Gasteiger partial charge is 0.105 e. The lowest BCUT2D eigenvalue weighted by Gasteiger charge is -2.08. The number of hydrogen-bond acceptors (Lipinski definition) is 4. The molecule has 0 aliphatic carbocycles. The van der Waals surface area contributed by atoms with Crippen molar-refractivity contribution >= 4 is 11.3 Å². The number of aromatic nitrogens is 1. The van der Waals surface area contributed by atoms with Crippen molar-refractivity contribution in [1.29, 1.82) is 5.26 Å². The normalized spacial score (nSPS) is 15.4. The summed E-state index contributed by atoms with van der Waals surface area (Å²) in [5.74, 6) is -0.365. The Morgan fingerprint density at radius 1 is 1.82 bits per heavy atom. The first kappa shape index (κ1) is 8.18. The minimum absolute atomic E-state index is 0.365. The summed E-state index contributed by atoms with van der Waals surface area (Å²) in [6, 6.07) is 1.98. The van der Waals surface area contributed by atoms with Crippen molar-refractivity contribution in [1.82, 2.24) is 4.98 Å². The van der Waals surface area contributed by atoms with E-state index in [1.54, 1.807) is 18.6 Å². The second kappa shape index (κ2) is 3.46. The van der Waals surface area contributed by atoms with Gasteiger partial charge in [-0.1, -0.05) is 0 Å². The Morgan fingerprint density at radius 2 is 2.55 bits per heavy atom. The molecule has 1 aromatic heterocycles. The average molecular weight is 168 g/mol. The van der Waals surface area contributed by atoms with Gasteiger partial charge in [0.15, 0.2) is 0 Å². The summed E-state index contributed by atoms with van der Waals surface area (Å²) in [6.45, 7) is 1.68. The molecule has 1 heterocycles. The van der Waals surface area contributed by atoms with Gasteiger partial charge in [0, 0.05) is 6.20 Å². The highest BCUT2D eigenvalue weighted by molar-refractivity contribution is 7.09. The van der Waals surface area contributed by atoms with Gasteiger partial charge < -0.3 is 5.11 Å². The molecule has 0 aliphatic rings. The van der Waals surface area contributed by atoms with Crippen LogP contribution in [-0.2, 0) is 0 Å². The van der Waals surface area contributed by atoms with Crippen molar-refractivity contribution in [3.8, 4) is 6.07 Å². The van der Waals surface area contributed by atoms with Crippen LogP contribution in [0.2, 0.25) is 0 Å². The number of rotatable bonds is 2. The Kier molecular flexibility index (Phi) is 2.58. The number of thiazole rings is 1. The van der Waals surface area contributed by atoms with Crippen LogP contribution >= 0.6 is 11.3 Å². The number of nitriles is 1. The predicted octanol–water partition coefficient (Wildman–Crippen LogP) is 1.34. The fourth-order valence-electron chi connectivity index (χ4n) is 0.689. The van der Waals surface area contributed by atoms with Crippen LogP contribution in [0.4, 0.5) is 0 Å². The minimum Gasteiger partial charge on any atom is -0.386 e. The van der Waals surface area contributed by atoms with E-state index in [4.69, 9.17) is 5.26 Å². The highest BCUT2D eigenvalue weighted by Gasteiger charge is 2.16. The van der Waals surface area contributed by atoms with E-state index in [0.717, 1.165) is 4.88 Å². The third-order valence-corrected chi connectivity index (χ3v) is 2.27. The molecular formula is C7H8N2OS. The van der Waals surface area contributed by atoms with E-state index in [0.29, 0.717) is 0 Å². The molecule has 1 N–H and O–H groups in total. The van der Waals surface area contributed by atoms with Gasteiger partial charge in [0.25, 0.3) is 0 Å². The highest BCUT2D eigenvalue weighted by Crippen LogP contribution is 2.23. The second-order valence-corrected chi connectivity index (χ2v) is 3.18. The largest absolute Gasteiger partial charge is 0.386 e. The Balaban J connectivity index is 2.71. The number of aliphatic hydroxyl groups excluding tert-OH is 1. The van der Waals surface area contributed by atoms with Crippen molar-refractivity contribution < 1.29 is 5.11 Å². The number of aliphatic hydroxyl groups is 1. The summed E-state index contributed by atoms with van der Waals surface area (Å²) in [7, 11) is 0. The third kappa shape index (κ3) is 1.76. The molecule has 11 heavy (non-hydrogen) atoms. The lowest BCUT2D eigenvalue weighted by Crippen LogP contribution is -2.04. The van der Waals surface area contributed by atoms with Gasteiger partial charge >= 0.3 is 0 Å². The zero-order valence-electron chi connectivity index (χ0n) is 6.06. The second-order valence-electron chi connectivity index (χ2n) is 2.27. The van der Waals surface area contributed by atoms with E-state index in [2.05, 4.69) is 4.98 Å². The molecule has 0 amide bonds. The zero-order chi connectivity index (χ0) is 8.27. The Labute approximate surface area is 68.9 Å². The lowest BCUT2D eigenvalue weighted by molar-refractivity contribution is 0.146. The molecule has 0 aliphatic heterocycles. The van der Waals surface area contributed by atoms with E-state index in [1.165, 1.54) is 11.3 Å². The highest BCUT2D eigenvalue weighted by atomic mass is 32.1. The average Bonchev–Trinajstić information content (AvgIpc) is 2.53. The fraction of sp³-hybridized carbons (Fsp3) is 0.429. The summed E-state index contributed by atoms with van der Waals surface area (Å²) < 4.78 is 0. The molecule has 58 valence electrons. The first-order chi connectivity index (χ1) is 5.25. The fourth-order valence-corrected chi connectivity index (χ4v) is 1.40. The summed E-state index contributed by atoms with van der Waals surface area (Å²) in [6.07, 6.45) is 0.899. The van der Waals surface area contributed by atoms with Crippen LogP contribution in [0.5, 0.6) is 0 Å². The van der Waals surface area contributed by atoms with E-state index < -0.39 is 6.10 Å². The van der Waals surface area contributed by atoms with Crippen molar-refractivity contribution in [2.45, 2.75) is 13.0 Å². The molecule has 2 atom stereocenters. The number of nitrogens with zero attached hydrogens (tertiary/aromatic N) is 2. The van der Waals surface area contributed by atoms with Gasteiger partial charge in [-0.15, -0.1) is 11.3 Å². The summed E-state index contributed by atoms with van der Waals surface area (Å²) in [5.41, 5.74) is 1.64. The molecule has 2 unspecified atom stereocenters. The minimum atomic E-state index is -0.688. The quantitative estimate of drug-likeness (QED) is 0.724. The van der Waals surface area contributed by atoms with Crippen LogP contribution in [0.25, 0.3) is 0 Å². The zero-order valence-corrected chi connectivity index (χ0v) is 6.88. The van der Waals surface area contributed by atoms with Crippen molar-refractivity contribution in [2.75, 3.05) is 0 Å². The van der Waals surface area contributed by atoms with Crippen LogP contribution in [0.15, 0.2) is 11.7 Å². The van der Waals surface area contributed by atoms with Crippen LogP contribution in [-0.4, -0.2) is 10.1 Å².